The van der Waals surface area contributed by atoms with Crippen LogP contribution in [0.2, 0.25) is 0 Å². The molecule has 0 fully saturated rings. The van der Waals surface area contributed by atoms with Gasteiger partial charge in [0.05, 0.1) is 0 Å². The molecular weight excluding hydrogens is 268 g/mol. The average molecular weight is 288 g/mol. The van der Waals surface area contributed by atoms with Crippen molar-refractivity contribution in [3.05, 3.63) is 46.6 Å². The Bertz CT molecular complexity index is 700. The van der Waals surface area contributed by atoms with Crippen molar-refractivity contribution in [3.8, 4) is 0 Å². The first-order chi connectivity index (χ1) is 10.0. The van der Waals surface area contributed by atoms with Crippen LogP contribution in [0, 0.1) is 6.92 Å². The van der Waals surface area contributed by atoms with E-state index in [2.05, 4.69) is 5.32 Å². The summed E-state index contributed by atoms with van der Waals surface area (Å²) < 4.78 is 2.99. The molecule has 0 aliphatic carbocycles. The molecule has 0 bridgehead atoms. The van der Waals surface area contributed by atoms with E-state index in [1.165, 1.54) is 4.57 Å². The topological polar surface area (TPSA) is 82.1 Å². The molecule has 2 aromatic rings. The van der Waals surface area contributed by atoms with Crippen molar-refractivity contribution in [2.24, 2.45) is 0 Å². The van der Waals surface area contributed by atoms with Gasteiger partial charge in [0.15, 0.2) is 0 Å². The van der Waals surface area contributed by atoms with Crippen LogP contribution in [0.15, 0.2) is 35.4 Å². The fourth-order valence-electron chi connectivity index (χ4n) is 2.06. The van der Waals surface area contributed by atoms with Gasteiger partial charge in [-0.25, -0.2) is 4.79 Å². The molecule has 0 saturated heterocycles. The smallest absolute Gasteiger partial charge is 0.328 e. The molecule has 3 N–H and O–H groups in total. The molecule has 21 heavy (non-hydrogen) atoms. The van der Waals surface area contributed by atoms with Crippen LogP contribution in [-0.2, 0) is 17.9 Å². The number of nitrogens with one attached hydrogen (secondary N) is 1. The summed E-state index contributed by atoms with van der Waals surface area (Å²) in [6.07, 6.45) is 4.20. The van der Waals surface area contributed by atoms with Gasteiger partial charge in [-0.15, -0.1) is 0 Å². The Labute approximate surface area is 123 Å². The van der Waals surface area contributed by atoms with Crippen LogP contribution in [0.3, 0.4) is 0 Å². The lowest BCUT2D eigenvalue weighted by molar-refractivity contribution is -0.116. The van der Waals surface area contributed by atoms with E-state index in [0.29, 0.717) is 17.9 Å². The molecule has 2 rings (SSSR count). The van der Waals surface area contributed by atoms with E-state index in [9.17, 15) is 9.59 Å². The van der Waals surface area contributed by atoms with E-state index in [0.717, 1.165) is 12.0 Å². The zero-order chi connectivity index (χ0) is 15.4. The van der Waals surface area contributed by atoms with Crippen LogP contribution in [0.4, 0.5) is 11.4 Å². The lowest BCUT2D eigenvalue weighted by Gasteiger charge is -2.07. The third-order valence-corrected chi connectivity index (χ3v) is 3.26. The molecule has 0 radical (unpaired) electrons. The van der Waals surface area contributed by atoms with Gasteiger partial charge in [0.25, 0.3) is 0 Å². The average Bonchev–Trinajstić information content (AvgIpc) is 2.76. The summed E-state index contributed by atoms with van der Waals surface area (Å²) in [6, 6.07) is 5.34. The second-order valence-electron chi connectivity index (χ2n) is 5.02. The van der Waals surface area contributed by atoms with Gasteiger partial charge in [-0.05, 0) is 31.0 Å². The predicted molar refractivity (Wildman–Crippen MR) is 83.2 cm³/mol. The maximum absolute atomic E-state index is 12.0. The summed E-state index contributed by atoms with van der Waals surface area (Å²) >= 11 is 0. The highest BCUT2D eigenvalue weighted by Gasteiger charge is 2.08. The summed E-state index contributed by atoms with van der Waals surface area (Å²) in [4.78, 5) is 23.9. The van der Waals surface area contributed by atoms with Crippen LogP contribution in [0.25, 0.3) is 0 Å². The molecule has 1 aromatic heterocycles. The number of carbonyl (C=O) groups is 1. The number of hydrogen-bond acceptors (Lipinski definition) is 3. The molecule has 0 spiro atoms. The summed E-state index contributed by atoms with van der Waals surface area (Å²) in [5.74, 6) is -0.255. The second kappa shape index (κ2) is 6.30. The number of imidazole rings is 1. The first-order valence-corrected chi connectivity index (χ1v) is 6.93. The number of aryl methyl sites for hydroxylation is 2. The Hall–Kier alpha value is -2.50. The zero-order valence-electron chi connectivity index (χ0n) is 12.3. The minimum atomic E-state index is -0.255. The number of anilines is 2. The van der Waals surface area contributed by atoms with E-state index in [-0.39, 0.29) is 18.1 Å². The van der Waals surface area contributed by atoms with E-state index in [4.69, 9.17) is 5.73 Å². The van der Waals surface area contributed by atoms with Crippen LogP contribution < -0.4 is 16.7 Å². The van der Waals surface area contributed by atoms with Gasteiger partial charge in [-0.3, -0.25) is 13.9 Å². The van der Waals surface area contributed by atoms with E-state index >= 15 is 0 Å². The van der Waals surface area contributed by atoms with E-state index in [1.807, 2.05) is 19.9 Å². The minimum absolute atomic E-state index is 0.0106. The number of benzene rings is 1. The van der Waals surface area contributed by atoms with Crippen LogP contribution in [0.5, 0.6) is 0 Å². The van der Waals surface area contributed by atoms with Gasteiger partial charge in [-0.1, -0.05) is 13.0 Å². The maximum Gasteiger partial charge on any atom is 0.328 e. The number of aromatic nitrogens is 2. The number of amides is 1. The highest BCUT2D eigenvalue weighted by molar-refractivity contribution is 5.91. The van der Waals surface area contributed by atoms with Crippen molar-refractivity contribution in [3.63, 3.8) is 0 Å². The quantitative estimate of drug-likeness (QED) is 0.820. The first-order valence-electron chi connectivity index (χ1n) is 6.93. The molecule has 1 aromatic carbocycles. The Balaban J connectivity index is 2.04. The zero-order valence-corrected chi connectivity index (χ0v) is 12.3. The summed E-state index contributed by atoms with van der Waals surface area (Å²) in [7, 11) is 0. The Morgan fingerprint density at radius 3 is 2.67 bits per heavy atom. The molecule has 0 aliphatic rings. The molecular formula is C15H20N4O2. The largest absolute Gasteiger partial charge is 0.398 e. The van der Waals surface area contributed by atoms with Gasteiger partial charge in [0.1, 0.15) is 6.54 Å². The summed E-state index contributed by atoms with van der Waals surface area (Å²) in [5, 5.41) is 2.74. The summed E-state index contributed by atoms with van der Waals surface area (Å²) in [5.41, 5.74) is 7.84. The maximum atomic E-state index is 12.0. The Morgan fingerprint density at radius 2 is 2.00 bits per heavy atom. The van der Waals surface area contributed by atoms with Crippen molar-refractivity contribution in [2.45, 2.75) is 33.4 Å². The van der Waals surface area contributed by atoms with Gasteiger partial charge in [0, 0.05) is 30.3 Å². The Morgan fingerprint density at radius 1 is 1.29 bits per heavy atom. The van der Waals surface area contributed by atoms with Crippen molar-refractivity contribution < 1.29 is 4.79 Å². The van der Waals surface area contributed by atoms with Gasteiger partial charge >= 0.3 is 5.69 Å². The van der Waals surface area contributed by atoms with Gasteiger partial charge < -0.3 is 11.1 Å². The number of carbonyl (C=O) groups excluding carboxylic acids is 1. The van der Waals surface area contributed by atoms with Crippen molar-refractivity contribution in [1.82, 2.24) is 9.13 Å². The molecule has 0 atom stereocenters. The number of nitrogens with two attached hydrogens (primary N) is 1. The Kier molecular flexibility index (Phi) is 4.47. The molecule has 112 valence electrons. The third-order valence-electron chi connectivity index (χ3n) is 3.26. The summed E-state index contributed by atoms with van der Waals surface area (Å²) in [6.45, 7) is 4.54. The molecule has 6 nitrogen and oxygen atoms in total. The van der Waals surface area contributed by atoms with E-state index < -0.39 is 0 Å². The lowest BCUT2D eigenvalue weighted by Crippen LogP contribution is -2.29. The van der Waals surface area contributed by atoms with Crippen LogP contribution >= 0.6 is 0 Å². The molecule has 0 saturated carbocycles. The van der Waals surface area contributed by atoms with Crippen molar-refractivity contribution >= 4 is 17.3 Å². The van der Waals surface area contributed by atoms with E-state index in [1.54, 1.807) is 29.1 Å². The molecule has 6 heteroatoms. The highest BCUT2D eigenvalue weighted by atomic mass is 16.2. The van der Waals surface area contributed by atoms with Gasteiger partial charge in [-0.2, -0.15) is 0 Å². The van der Waals surface area contributed by atoms with Crippen molar-refractivity contribution in [2.75, 3.05) is 11.1 Å². The van der Waals surface area contributed by atoms with Crippen LogP contribution in [0.1, 0.15) is 18.9 Å². The molecule has 1 heterocycles. The highest BCUT2D eigenvalue weighted by Crippen LogP contribution is 2.16. The second-order valence-corrected chi connectivity index (χ2v) is 5.02. The fourth-order valence-corrected chi connectivity index (χ4v) is 2.06. The van der Waals surface area contributed by atoms with Crippen LogP contribution in [-0.4, -0.2) is 15.0 Å². The first kappa shape index (κ1) is 14.9. The number of nitrogen functional groups attached to an aromatic ring is 1. The minimum Gasteiger partial charge on any atom is -0.398 e. The standard InChI is InChI=1S/C15H20N4O2/c1-3-6-18-7-8-19(15(18)21)10-14(20)17-12-5-4-11(2)13(16)9-12/h4-5,7-9H,3,6,10,16H2,1-2H3,(H,17,20). The van der Waals surface area contributed by atoms with Crippen molar-refractivity contribution in [1.29, 1.82) is 0 Å². The molecule has 1 amide bonds. The third kappa shape index (κ3) is 3.53. The van der Waals surface area contributed by atoms with Gasteiger partial charge in [0.2, 0.25) is 5.91 Å². The normalized spacial score (nSPS) is 10.6. The fraction of sp³-hybridized carbons (Fsp3) is 0.333. The number of nitrogens with zero attached hydrogens (tertiary/aromatic N) is 2. The number of hydrogen-bond donors (Lipinski definition) is 2. The molecule has 0 unspecified atom stereocenters. The monoisotopic (exact) mass is 288 g/mol. The number of rotatable bonds is 5. The lowest BCUT2D eigenvalue weighted by atomic mass is 10.2. The SMILES string of the molecule is CCCn1ccn(CC(=O)Nc2ccc(C)c(N)c2)c1=O. The predicted octanol–water partition coefficient (Wildman–Crippen LogP) is 1.59. The molecule has 0 aliphatic heterocycles.